The molecule has 0 atom stereocenters. The fourth-order valence-corrected chi connectivity index (χ4v) is 1.28. The lowest BCUT2D eigenvalue weighted by Gasteiger charge is -2.00. The van der Waals surface area contributed by atoms with Gasteiger partial charge in [0, 0.05) is 11.3 Å². The zero-order chi connectivity index (χ0) is 9.14. The minimum absolute atomic E-state index is 0.0170. The molecule has 0 aliphatic heterocycles. The Morgan fingerprint density at radius 3 is 2.42 bits per heavy atom. The Hall–Kier alpha value is -0.870. The van der Waals surface area contributed by atoms with E-state index in [-0.39, 0.29) is 13.2 Å². The lowest BCUT2D eigenvalue weighted by Crippen LogP contribution is -2.06. The molecule has 0 bridgehead atoms. The van der Waals surface area contributed by atoms with E-state index >= 15 is 0 Å². The minimum atomic E-state index is 0.0170. The summed E-state index contributed by atoms with van der Waals surface area (Å²) in [6.45, 7) is 4.33. The monoisotopic (exact) mass is 170 g/mol. The van der Waals surface area contributed by atoms with E-state index in [1.54, 1.807) is 4.68 Å². The fraction of sp³-hybridized carbons (Fsp3) is 0.625. The molecule has 68 valence electrons. The van der Waals surface area contributed by atoms with Crippen LogP contribution in [0.1, 0.15) is 17.0 Å². The van der Waals surface area contributed by atoms with E-state index in [2.05, 4.69) is 5.10 Å². The molecule has 1 aromatic heterocycles. The third kappa shape index (κ3) is 1.49. The average Bonchev–Trinajstić information content (AvgIpc) is 2.29. The summed E-state index contributed by atoms with van der Waals surface area (Å²) in [7, 11) is 0. The van der Waals surface area contributed by atoms with Crippen molar-refractivity contribution in [3.63, 3.8) is 0 Å². The van der Waals surface area contributed by atoms with Gasteiger partial charge in [0.25, 0.3) is 0 Å². The van der Waals surface area contributed by atoms with Crippen LogP contribution in [-0.2, 0) is 13.2 Å². The molecular formula is C8H14N2O2. The Bertz CT molecular complexity index is 268. The molecule has 0 aliphatic rings. The quantitative estimate of drug-likeness (QED) is 0.670. The van der Waals surface area contributed by atoms with Crippen LogP contribution >= 0.6 is 0 Å². The second-order valence-electron chi connectivity index (χ2n) is 2.75. The van der Waals surface area contributed by atoms with Gasteiger partial charge in [0.15, 0.2) is 0 Å². The van der Waals surface area contributed by atoms with Crippen molar-refractivity contribution >= 4 is 0 Å². The summed E-state index contributed by atoms with van der Waals surface area (Å²) in [6.07, 6.45) is 0. The van der Waals surface area contributed by atoms with E-state index in [4.69, 9.17) is 10.2 Å². The predicted molar refractivity (Wildman–Crippen MR) is 44.7 cm³/mol. The van der Waals surface area contributed by atoms with Crippen molar-refractivity contribution in [3.05, 3.63) is 17.0 Å². The molecule has 0 fully saturated rings. The first kappa shape index (κ1) is 9.22. The number of nitrogens with zero attached hydrogens (tertiary/aromatic N) is 2. The molecule has 12 heavy (non-hydrogen) atoms. The molecule has 2 N–H and O–H groups in total. The highest BCUT2D eigenvalue weighted by molar-refractivity contribution is 5.23. The summed E-state index contributed by atoms with van der Waals surface area (Å²) in [5.41, 5.74) is 2.64. The van der Waals surface area contributed by atoms with E-state index in [1.807, 2.05) is 13.8 Å². The molecule has 1 heterocycles. The molecule has 1 rings (SSSR count). The third-order valence-corrected chi connectivity index (χ3v) is 2.00. The summed E-state index contributed by atoms with van der Waals surface area (Å²) in [5, 5.41) is 21.8. The molecule has 0 spiro atoms. The highest BCUT2D eigenvalue weighted by Gasteiger charge is 2.08. The maximum Gasteiger partial charge on any atom is 0.0718 e. The standard InChI is InChI=1S/C8H14N2O2/c1-6-8(5-12)7(2)10(9-6)3-4-11/h11-12H,3-5H2,1-2H3. The van der Waals surface area contributed by atoms with Gasteiger partial charge in [-0.3, -0.25) is 4.68 Å². The smallest absolute Gasteiger partial charge is 0.0718 e. The van der Waals surface area contributed by atoms with E-state index in [0.717, 1.165) is 17.0 Å². The molecule has 4 heteroatoms. The largest absolute Gasteiger partial charge is 0.394 e. The lowest BCUT2D eigenvalue weighted by atomic mass is 10.2. The van der Waals surface area contributed by atoms with Gasteiger partial charge in [0.2, 0.25) is 0 Å². The van der Waals surface area contributed by atoms with E-state index in [9.17, 15) is 0 Å². The summed E-state index contributed by atoms with van der Waals surface area (Å²) in [4.78, 5) is 0. The summed E-state index contributed by atoms with van der Waals surface area (Å²) >= 11 is 0. The van der Waals surface area contributed by atoms with Crippen LogP contribution in [0.25, 0.3) is 0 Å². The van der Waals surface area contributed by atoms with Crippen molar-refractivity contribution in [1.82, 2.24) is 9.78 Å². The predicted octanol–water partition coefficient (Wildman–Crippen LogP) is -0.0155. The minimum Gasteiger partial charge on any atom is -0.394 e. The number of hydrogen-bond donors (Lipinski definition) is 2. The van der Waals surface area contributed by atoms with E-state index < -0.39 is 0 Å². The van der Waals surface area contributed by atoms with Gasteiger partial charge >= 0.3 is 0 Å². The van der Waals surface area contributed by atoms with E-state index in [0.29, 0.717) is 6.54 Å². The molecule has 0 aliphatic carbocycles. The molecule has 1 aromatic rings. The van der Waals surface area contributed by atoms with Crippen LogP contribution in [0.5, 0.6) is 0 Å². The Balaban J connectivity index is 3.00. The average molecular weight is 170 g/mol. The number of aryl methyl sites for hydroxylation is 1. The van der Waals surface area contributed by atoms with Crippen molar-refractivity contribution in [1.29, 1.82) is 0 Å². The zero-order valence-electron chi connectivity index (χ0n) is 7.41. The topological polar surface area (TPSA) is 58.3 Å². The SMILES string of the molecule is Cc1nn(CCO)c(C)c1CO. The fourth-order valence-electron chi connectivity index (χ4n) is 1.28. The van der Waals surface area contributed by atoms with E-state index in [1.165, 1.54) is 0 Å². The number of rotatable bonds is 3. The highest BCUT2D eigenvalue weighted by atomic mass is 16.3. The van der Waals surface area contributed by atoms with Crippen molar-refractivity contribution in [2.45, 2.75) is 27.0 Å². The van der Waals surface area contributed by atoms with Gasteiger partial charge in [-0.2, -0.15) is 5.10 Å². The Morgan fingerprint density at radius 2 is 2.00 bits per heavy atom. The van der Waals surface area contributed by atoms with Gasteiger partial charge in [-0.1, -0.05) is 0 Å². The molecule has 0 amide bonds. The maximum absolute atomic E-state index is 8.96. The summed E-state index contributed by atoms with van der Waals surface area (Å²) < 4.78 is 1.71. The third-order valence-electron chi connectivity index (χ3n) is 2.00. The number of hydrogen-bond acceptors (Lipinski definition) is 3. The number of aliphatic hydroxyl groups is 2. The normalized spacial score (nSPS) is 10.7. The van der Waals surface area contributed by atoms with Gasteiger partial charge in [-0.15, -0.1) is 0 Å². The maximum atomic E-state index is 8.96. The molecule has 0 saturated carbocycles. The van der Waals surface area contributed by atoms with Gasteiger partial charge in [-0.05, 0) is 13.8 Å². The first-order chi connectivity index (χ1) is 5.70. The van der Waals surface area contributed by atoms with Gasteiger partial charge in [-0.25, -0.2) is 0 Å². The summed E-state index contributed by atoms with van der Waals surface area (Å²) in [5.74, 6) is 0. The van der Waals surface area contributed by atoms with Gasteiger partial charge in [0.1, 0.15) is 0 Å². The van der Waals surface area contributed by atoms with Crippen LogP contribution in [-0.4, -0.2) is 26.6 Å². The second-order valence-corrected chi connectivity index (χ2v) is 2.75. The van der Waals surface area contributed by atoms with Crippen LogP contribution in [0.4, 0.5) is 0 Å². The molecule has 0 aromatic carbocycles. The second kappa shape index (κ2) is 3.69. The van der Waals surface area contributed by atoms with Crippen LogP contribution in [0.3, 0.4) is 0 Å². The highest BCUT2D eigenvalue weighted by Crippen LogP contribution is 2.11. The lowest BCUT2D eigenvalue weighted by molar-refractivity contribution is 0.266. The Kier molecular flexibility index (Phi) is 2.83. The molecule has 0 saturated heterocycles. The van der Waals surface area contributed by atoms with Crippen LogP contribution in [0, 0.1) is 13.8 Å². The molecule has 4 nitrogen and oxygen atoms in total. The Morgan fingerprint density at radius 1 is 1.33 bits per heavy atom. The zero-order valence-corrected chi connectivity index (χ0v) is 7.41. The first-order valence-corrected chi connectivity index (χ1v) is 3.95. The Labute approximate surface area is 71.5 Å². The number of aromatic nitrogens is 2. The molecule has 0 unspecified atom stereocenters. The van der Waals surface area contributed by atoms with Gasteiger partial charge < -0.3 is 10.2 Å². The van der Waals surface area contributed by atoms with Crippen LogP contribution in [0.15, 0.2) is 0 Å². The summed E-state index contributed by atoms with van der Waals surface area (Å²) in [6, 6.07) is 0. The van der Waals surface area contributed by atoms with Crippen molar-refractivity contribution in [2.24, 2.45) is 0 Å². The van der Waals surface area contributed by atoms with Crippen molar-refractivity contribution in [3.8, 4) is 0 Å². The molecule has 0 radical (unpaired) electrons. The first-order valence-electron chi connectivity index (χ1n) is 3.95. The molecular weight excluding hydrogens is 156 g/mol. The van der Waals surface area contributed by atoms with Crippen LogP contribution in [0.2, 0.25) is 0 Å². The van der Waals surface area contributed by atoms with Gasteiger partial charge in [0.05, 0.1) is 25.5 Å². The van der Waals surface area contributed by atoms with Crippen molar-refractivity contribution in [2.75, 3.05) is 6.61 Å². The number of aliphatic hydroxyl groups excluding tert-OH is 2. The van der Waals surface area contributed by atoms with Crippen LogP contribution < -0.4 is 0 Å². The van der Waals surface area contributed by atoms with Crippen molar-refractivity contribution < 1.29 is 10.2 Å².